The minimum Gasteiger partial charge on any atom is -0.492 e. The molecule has 11 heteroatoms. The zero-order chi connectivity index (χ0) is 24.8. The molecule has 2 aromatic carbocycles. The Morgan fingerprint density at radius 2 is 1.89 bits per heavy atom. The topological polar surface area (TPSA) is 79.8 Å². The molecule has 1 saturated carbocycles. The molecule has 1 amide bonds. The van der Waals surface area contributed by atoms with Crippen molar-refractivity contribution < 1.29 is 26.7 Å². The maximum absolute atomic E-state index is 13.5. The summed E-state index contributed by atoms with van der Waals surface area (Å²) in [6, 6.07) is 8.72. The third-order valence-corrected chi connectivity index (χ3v) is 8.75. The van der Waals surface area contributed by atoms with E-state index in [2.05, 4.69) is 9.88 Å². The van der Waals surface area contributed by atoms with Crippen molar-refractivity contribution in [3.63, 3.8) is 0 Å². The van der Waals surface area contributed by atoms with Crippen LogP contribution in [0.1, 0.15) is 23.2 Å². The second kappa shape index (κ2) is 9.02. The van der Waals surface area contributed by atoms with Crippen LogP contribution in [0, 0.1) is 11.2 Å². The lowest BCUT2D eigenvalue weighted by atomic mass is 10.1. The molecule has 1 aromatic heterocycles. The summed E-state index contributed by atoms with van der Waals surface area (Å²) in [5.41, 5.74) is 0.388. The summed E-state index contributed by atoms with van der Waals surface area (Å²) in [6.45, 7) is 1.52. The number of piperazine rings is 1. The molecule has 186 valence electrons. The van der Waals surface area contributed by atoms with Crippen LogP contribution in [0.3, 0.4) is 0 Å². The van der Waals surface area contributed by atoms with Gasteiger partial charge in [0.15, 0.2) is 15.0 Å². The number of aromatic nitrogens is 1. The van der Waals surface area contributed by atoms with Crippen LogP contribution in [0.4, 0.5) is 13.9 Å². The number of ether oxygens (including phenoxy) is 1. The molecule has 1 aliphatic carbocycles. The van der Waals surface area contributed by atoms with Crippen molar-refractivity contribution in [1.29, 1.82) is 0 Å². The van der Waals surface area contributed by atoms with Crippen LogP contribution >= 0.6 is 11.3 Å². The molecule has 2 fully saturated rings. The Bertz CT molecular complexity index is 1380. The first-order valence-electron chi connectivity index (χ1n) is 11.3. The number of hydrogen-bond acceptors (Lipinski definition) is 7. The summed E-state index contributed by atoms with van der Waals surface area (Å²) in [6.07, 6.45) is 2.55. The highest BCUT2D eigenvalue weighted by molar-refractivity contribution is 7.90. The number of anilines is 1. The molecule has 2 heterocycles. The van der Waals surface area contributed by atoms with E-state index in [0.29, 0.717) is 26.2 Å². The van der Waals surface area contributed by atoms with Gasteiger partial charge in [-0.2, -0.15) is 0 Å². The minimum atomic E-state index is -3.53. The first-order valence-corrected chi connectivity index (χ1v) is 14.0. The number of carbonyl (C=O) groups is 1. The van der Waals surface area contributed by atoms with E-state index in [1.807, 2.05) is 0 Å². The van der Waals surface area contributed by atoms with Gasteiger partial charge in [-0.3, -0.25) is 9.18 Å². The Morgan fingerprint density at radius 1 is 1.14 bits per heavy atom. The fourth-order valence-corrected chi connectivity index (χ4v) is 5.74. The van der Waals surface area contributed by atoms with Gasteiger partial charge in [-0.15, -0.1) is 0 Å². The van der Waals surface area contributed by atoms with Crippen molar-refractivity contribution in [3.05, 3.63) is 47.8 Å². The van der Waals surface area contributed by atoms with Crippen LogP contribution in [0.5, 0.6) is 5.75 Å². The Kier molecular flexibility index (Phi) is 6.16. The number of amides is 1. The van der Waals surface area contributed by atoms with E-state index in [0.717, 1.165) is 34.4 Å². The molecule has 2 aliphatic rings. The number of hydrogen-bond donors (Lipinski definition) is 0. The van der Waals surface area contributed by atoms with Gasteiger partial charge in [-0.25, -0.2) is 17.8 Å². The molecule has 1 saturated heterocycles. The lowest BCUT2D eigenvalue weighted by Crippen LogP contribution is -2.48. The van der Waals surface area contributed by atoms with Crippen molar-refractivity contribution in [3.8, 4) is 5.75 Å². The van der Waals surface area contributed by atoms with Gasteiger partial charge in [0.1, 0.15) is 11.6 Å². The van der Waals surface area contributed by atoms with E-state index in [-0.39, 0.29) is 34.5 Å². The lowest BCUT2D eigenvalue weighted by molar-refractivity contribution is 0.0740. The Hall–Kier alpha value is -2.79. The SMILES string of the molecule is CS(=O)(=O)c1ccc(OCC2(CF)CC2)c(C(=O)N2CCN(c3nc4ccc(F)cc4s3)CC2)c1. The predicted molar refractivity (Wildman–Crippen MR) is 130 cm³/mol. The molecule has 0 N–H and O–H groups in total. The zero-order valence-electron chi connectivity index (χ0n) is 19.2. The quantitative estimate of drug-likeness (QED) is 0.469. The highest BCUT2D eigenvalue weighted by Crippen LogP contribution is 2.46. The molecule has 5 rings (SSSR count). The summed E-state index contributed by atoms with van der Waals surface area (Å²) in [4.78, 5) is 21.7. The molecule has 0 unspecified atom stereocenters. The smallest absolute Gasteiger partial charge is 0.257 e. The van der Waals surface area contributed by atoms with Gasteiger partial charge >= 0.3 is 0 Å². The minimum absolute atomic E-state index is 0.0279. The maximum atomic E-state index is 13.5. The van der Waals surface area contributed by atoms with E-state index < -0.39 is 21.9 Å². The molecule has 35 heavy (non-hydrogen) atoms. The standard InChI is InChI=1S/C24H25F2N3O4S2/c1-35(31,32)17-3-5-20(33-15-24(14-25)6-7-24)18(13-17)22(30)28-8-10-29(11-9-28)23-27-19-4-2-16(26)12-21(19)34-23/h2-5,12-13H,6-11,14-15H2,1H3. The van der Waals surface area contributed by atoms with Crippen molar-refractivity contribution in [2.24, 2.45) is 5.41 Å². The second-order valence-electron chi connectivity index (χ2n) is 9.24. The van der Waals surface area contributed by atoms with Gasteiger partial charge < -0.3 is 14.5 Å². The van der Waals surface area contributed by atoms with E-state index in [4.69, 9.17) is 4.74 Å². The van der Waals surface area contributed by atoms with Crippen LogP contribution in [0.2, 0.25) is 0 Å². The van der Waals surface area contributed by atoms with Crippen molar-refractivity contribution in [1.82, 2.24) is 9.88 Å². The second-order valence-corrected chi connectivity index (χ2v) is 12.3. The van der Waals surface area contributed by atoms with Gasteiger partial charge in [0, 0.05) is 37.8 Å². The number of carbonyl (C=O) groups excluding carboxylic acids is 1. The largest absolute Gasteiger partial charge is 0.492 e. The number of benzene rings is 2. The molecular formula is C24H25F2N3O4S2. The van der Waals surface area contributed by atoms with Crippen LogP contribution < -0.4 is 9.64 Å². The van der Waals surface area contributed by atoms with Gasteiger partial charge in [-0.1, -0.05) is 11.3 Å². The Labute approximate surface area is 206 Å². The van der Waals surface area contributed by atoms with Gasteiger partial charge in [0.05, 0.1) is 34.0 Å². The van der Waals surface area contributed by atoms with E-state index in [9.17, 15) is 22.0 Å². The molecule has 0 radical (unpaired) electrons. The number of thiazole rings is 1. The van der Waals surface area contributed by atoms with Crippen molar-refractivity contribution in [2.75, 3.05) is 50.6 Å². The number of alkyl halides is 1. The highest BCUT2D eigenvalue weighted by Gasteiger charge is 2.44. The van der Waals surface area contributed by atoms with Gasteiger partial charge in [0.25, 0.3) is 5.91 Å². The van der Waals surface area contributed by atoms with Crippen LogP contribution in [0.25, 0.3) is 10.2 Å². The zero-order valence-corrected chi connectivity index (χ0v) is 20.8. The number of sulfone groups is 1. The monoisotopic (exact) mass is 521 g/mol. The number of rotatable bonds is 7. The maximum Gasteiger partial charge on any atom is 0.257 e. The van der Waals surface area contributed by atoms with Gasteiger partial charge in [0.2, 0.25) is 0 Å². The molecule has 0 bridgehead atoms. The summed E-state index contributed by atoms with van der Waals surface area (Å²) in [5, 5.41) is 0.766. The summed E-state index contributed by atoms with van der Waals surface area (Å²) < 4.78 is 57.7. The van der Waals surface area contributed by atoms with Gasteiger partial charge in [-0.05, 0) is 49.2 Å². The Morgan fingerprint density at radius 3 is 2.54 bits per heavy atom. The Balaban J connectivity index is 1.33. The molecule has 1 aliphatic heterocycles. The number of halogens is 2. The average molecular weight is 522 g/mol. The first-order chi connectivity index (χ1) is 16.7. The molecule has 7 nitrogen and oxygen atoms in total. The summed E-state index contributed by atoms with van der Waals surface area (Å²) in [7, 11) is -3.53. The normalized spacial score (nSPS) is 17.6. The van der Waals surface area contributed by atoms with E-state index >= 15 is 0 Å². The number of fused-ring (bicyclic) bond motifs is 1. The summed E-state index contributed by atoms with van der Waals surface area (Å²) >= 11 is 1.40. The molecular weight excluding hydrogens is 496 g/mol. The van der Waals surface area contributed by atoms with Crippen molar-refractivity contribution >= 4 is 42.4 Å². The first kappa shape index (κ1) is 23.9. The van der Waals surface area contributed by atoms with E-state index in [1.165, 1.54) is 41.7 Å². The fourth-order valence-electron chi connectivity index (χ4n) is 4.05. The van der Waals surface area contributed by atoms with Crippen LogP contribution in [-0.2, 0) is 9.84 Å². The highest BCUT2D eigenvalue weighted by atomic mass is 32.2. The van der Waals surface area contributed by atoms with E-state index in [1.54, 1.807) is 11.0 Å². The molecule has 0 spiro atoms. The van der Waals surface area contributed by atoms with Crippen LogP contribution in [0.15, 0.2) is 41.3 Å². The van der Waals surface area contributed by atoms with Crippen LogP contribution in [-0.4, -0.2) is 69.9 Å². The third kappa shape index (κ3) is 4.97. The lowest BCUT2D eigenvalue weighted by Gasteiger charge is -2.35. The molecule has 0 atom stereocenters. The fraction of sp³-hybridized carbons (Fsp3) is 0.417. The van der Waals surface area contributed by atoms with Crippen molar-refractivity contribution in [2.45, 2.75) is 17.7 Å². The predicted octanol–water partition coefficient (Wildman–Crippen LogP) is 3.93. The average Bonchev–Trinajstić information content (AvgIpc) is 3.51. The summed E-state index contributed by atoms with van der Waals surface area (Å²) in [5.74, 6) is -0.379. The third-order valence-electron chi connectivity index (χ3n) is 6.56. The number of nitrogens with zero attached hydrogens (tertiary/aromatic N) is 3. The molecule has 3 aromatic rings.